The molecule has 1 amide bonds. The highest BCUT2D eigenvalue weighted by molar-refractivity contribution is 7.99. The summed E-state index contributed by atoms with van der Waals surface area (Å²) in [6, 6.07) is 5.74. The molecular formula is C19H22N6OS. The molecule has 1 aliphatic rings. The zero-order valence-corrected chi connectivity index (χ0v) is 15.9. The summed E-state index contributed by atoms with van der Waals surface area (Å²) in [6.07, 6.45) is 11.4. The van der Waals surface area contributed by atoms with Crippen molar-refractivity contribution >= 4 is 17.7 Å². The van der Waals surface area contributed by atoms with Gasteiger partial charge in [-0.25, -0.2) is 4.98 Å². The first-order chi connectivity index (χ1) is 13.2. The van der Waals surface area contributed by atoms with Crippen LogP contribution in [0.15, 0.2) is 48.1 Å². The molecule has 0 atom stereocenters. The van der Waals surface area contributed by atoms with Gasteiger partial charge in [0.25, 0.3) is 5.91 Å². The molecule has 0 radical (unpaired) electrons. The third-order valence-corrected chi connectivity index (χ3v) is 6.27. The molecule has 8 heteroatoms. The van der Waals surface area contributed by atoms with E-state index >= 15 is 0 Å². The van der Waals surface area contributed by atoms with Crippen LogP contribution >= 0.6 is 11.8 Å². The van der Waals surface area contributed by atoms with Crippen molar-refractivity contribution in [2.75, 3.05) is 0 Å². The van der Waals surface area contributed by atoms with E-state index in [9.17, 15) is 4.79 Å². The second kappa shape index (κ2) is 7.96. The predicted molar refractivity (Wildman–Crippen MR) is 104 cm³/mol. The second-order valence-corrected chi connectivity index (χ2v) is 8.06. The van der Waals surface area contributed by atoms with Crippen LogP contribution in [0.4, 0.5) is 0 Å². The maximum absolute atomic E-state index is 12.5. The van der Waals surface area contributed by atoms with E-state index in [2.05, 4.69) is 30.0 Å². The summed E-state index contributed by atoms with van der Waals surface area (Å²) in [4.78, 5) is 20.9. The molecule has 27 heavy (non-hydrogen) atoms. The number of amides is 1. The van der Waals surface area contributed by atoms with Crippen LogP contribution < -0.4 is 5.32 Å². The number of nitrogens with zero attached hydrogens (tertiary/aromatic N) is 4. The molecule has 0 unspecified atom stereocenters. The van der Waals surface area contributed by atoms with Gasteiger partial charge in [0.15, 0.2) is 5.16 Å². The van der Waals surface area contributed by atoms with Crippen molar-refractivity contribution in [3.63, 3.8) is 0 Å². The van der Waals surface area contributed by atoms with Crippen molar-refractivity contribution in [3.05, 3.63) is 48.7 Å². The van der Waals surface area contributed by atoms with E-state index in [1.165, 1.54) is 0 Å². The highest BCUT2D eigenvalue weighted by atomic mass is 32.2. The van der Waals surface area contributed by atoms with Gasteiger partial charge in [0.05, 0.1) is 5.69 Å². The van der Waals surface area contributed by atoms with E-state index in [0.29, 0.717) is 10.9 Å². The van der Waals surface area contributed by atoms with Crippen LogP contribution in [-0.4, -0.2) is 41.9 Å². The summed E-state index contributed by atoms with van der Waals surface area (Å²) in [5, 5.41) is 11.8. The smallest absolute Gasteiger partial charge is 0.269 e. The molecule has 0 bridgehead atoms. The highest BCUT2D eigenvalue weighted by Gasteiger charge is 2.25. The van der Waals surface area contributed by atoms with Crippen LogP contribution in [0.2, 0.25) is 0 Å². The molecule has 1 aliphatic carbocycles. The fraction of sp³-hybridized carbons (Fsp3) is 0.368. The molecule has 1 fully saturated rings. The van der Waals surface area contributed by atoms with Gasteiger partial charge in [-0.3, -0.25) is 14.9 Å². The van der Waals surface area contributed by atoms with Crippen molar-refractivity contribution in [2.24, 2.45) is 7.05 Å². The Bertz CT molecular complexity index is 898. The number of hydrogen-bond acceptors (Lipinski definition) is 5. The lowest BCUT2D eigenvalue weighted by Gasteiger charge is -2.28. The Hall–Kier alpha value is -2.61. The summed E-state index contributed by atoms with van der Waals surface area (Å²) in [7, 11) is 2.02. The zero-order valence-electron chi connectivity index (χ0n) is 15.1. The van der Waals surface area contributed by atoms with Crippen LogP contribution in [-0.2, 0) is 7.05 Å². The standard InChI is InChI=1S/C19H22N6OS/c1-25-11-10-21-19(25)27-15-4-2-14(3-5-15)22-18(26)17-12-16(23-24-17)13-6-8-20-9-7-13/h6-12,14-15H,2-5H2,1H3,(H,22,26)(H,23,24). The largest absolute Gasteiger partial charge is 0.348 e. The number of aryl methyl sites for hydroxylation is 1. The number of hydrogen-bond donors (Lipinski definition) is 2. The van der Waals surface area contributed by atoms with Crippen molar-refractivity contribution in [1.29, 1.82) is 0 Å². The van der Waals surface area contributed by atoms with Gasteiger partial charge in [-0.2, -0.15) is 5.10 Å². The number of imidazole rings is 1. The van der Waals surface area contributed by atoms with Crippen LogP contribution in [0.3, 0.4) is 0 Å². The maximum Gasteiger partial charge on any atom is 0.269 e. The molecule has 0 aliphatic heterocycles. The molecule has 140 valence electrons. The Morgan fingerprint density at radius 2 is 2.00 bits per heavy atom. The van der Waals surface area contributed by atoms with E-state index in [1.54, 1.807) is 18.5 Å². The summed E-state index contributed by atoms with van der Waals surface area (Å²) >= 11 is 1.83. The monoisotopic (exact) mass is 382 g/mol. The molecule has 3 aromatic rings. The lowest BCUT2D eigenvalue weighted by molar-refractivity contribution is 0.0923. The van der Waals surface area contributed by atoms with E-state index < -0.39 is 0 Å². The third kappa shape index (κ3) is 4.21. The normalized spacial score (nSPS) is 19.7. The molecule has 1 saturated carbocycles. The van der Waals surface area contributed by atoms with Gasteiger partial charge >= 0.3 is 0 Å². The number of rotatable bonds is 5. The van der Waals surface area contributed by atoms with Crippen molar-refractivity contribution in [1.82, 2.24) is 30.0 Å². The molecule has 0 aromatic carbocycles. The molecular weight excluding hydrogens is 360 g/mol. The Labute approximate surface area is 162 Å². The number of aromatic nitrogens is 5. The summed E-state index contributed by atoms with van der Waals surface area (Å²) in [5.74, 6) is -0.0944. The van der Waals surface area contributed by atoms with Gasteiger partial charge in [-0.1, -0.05) is 11.8 Å². The van der Waals surface area contributed by atoms with Crippen LogP contribution in [0, 0.1) is 0 Å². The van der Waals surface area contributed by atoms with Gasteiger partial charge in [-0.05, 0) is 43.9 Å². The first kappa shape index (κ1) is 17.8. The molecule has 0 saturated heterocycles. The minimum atomic E-state index is -0.0944. The molecule has 2 N–H and O–H groups in total. The van der Waals surface area contributed by atoms with Gasteiger partial charge in [-0.15, -0.1) is 0 Å². The fourth-order valence-electron chi connectivity index (χ4n) is 3.31. The van der Waals surface area contributed by atoms with Crippen LogP contribution in [0.25, 0.3) is 11.3 Å². The number of thioether (sulfide) groups is 1. The predicted octanol–water partition coefficient (Wildman–Crippen LogP) is 3.04. The Morgan fingerprint density at radius 1 is 1.22 bits per heavy atom. The summed E-state index contributed by atoms with van der Waals surface area (Å²) in [5.41, 5.74) is 2.18. The molecule has 7 nitrogen and oxygen atoms in total. The Balaban J connectivity index is 1.30. The maximum atomic E-state index is 12.5. The van der Waals surface area contributed by atoms with Gasteiger partial charge in [0.2, 0.25) is 0 Å². The molecule has 4 rings (SSSR count). The lowest BCUT2D eigenvalue weighted by atomic mass is 9.95. The van der Waals surface area contributed by atoms with Crippen LogP contribution in [0.1, 0.15) is 36.2 Å². The topological polar surface area (TPSA) is 88.5 Å². The first-order valence-corrected chi connectivity index (χ1v) is 9.97. The lowest BCUT2D eigenvalue weighted by Crippen LogP contribution is -2.38. The summed E-state index contributed by atoms with van der Waals surface area (Å²) < 4.78 is 2.05. The Kier molecular flexibility index (Phi) is 5.24. The number of carbonyl (C=O) groups is 1. The highest BCUT2D eigenvalue weighted by Crippen LogP contribution is 2.32. The Morgan fingerprint density at radius 3 is 2.70 bits per heavy atom. The fourth-order valence-corrected chi connectivity index (χ4v) is 4.47. The van der Waals surface area contributed by atoms with E-state index in [0.717, 1.165) is 42.1 Å². The molecule has 0 spiro atoms. The minimum absolute atomic E-state index is 0.0944. The van der Waals surface area contributed by atoms with Crippen molar-refractivity contribution in [2.45, 2.75) is 42.1 Å². The van der Waals surface area contributed by atoms with Gasteiger partial charge in [0.1, 0.15) is 5.69 Å². The van der Waals surface area contributed by atoms with E-state index in [4.69, 9.17) is 0 Å². The number of aromatic amines is 1. The number of nitrogens with one attached hydrogen (secondary N) is 2. The first-order valence-electron chi connectivity index (χ1n) is 9.09. The number of H-pyrrole nitrogens is 1. The van der Waals surface area contributed by atoms with Crippen molar-refractivity contribution in [3.8, 4) is 11.3 Å². The summed E-state index contributed by atoms with van der Waals surface area (Å²) in [6.45, 7) is 0. The average molecular weight is 382 g/mol. The molecule has 3 aromatic heterocycles. The minimum Gasteiger partial charge on any atom is -0.348 e. The second-order valence-electron chi connectivity index (χ2n) is 6.79. The van der Waals surface area contributed by atoms with E-state index in [1.807, 2.05) is 43.3 Å². The van der Waals surface area contributed by atoms with Gasteiger partial charge in [0, 0.05) is 48.7 Å². The zero-order chi connectivity index (χ0) is 18.6. The average Bonchev–Trinajstić information content (AvgIpc) is 3.34. The number of carbonyl (C=O) groups excluding carboxylic acids is 1. The van der Waals surface area contributed by atoms with E-state index in [-0.39, 0.29) is 11.9 Å². The third-order valence-electron chi connectivity index (χ3n) is 4.86. The quantitative estimate of drug-likeness (QED) is 0.708. The SMILES string of the molecule is Cn1ccnc1SC1CCC(NC(=O)c2cc(-c3ccncc3)n[nH]2)CC1. The van der Waals surface area contributed by atoms with Crippen molar-refractivity contribution < 1.29 is 4.79 Å². The van der Waals surface area contributed by atoms with Gasteiger partial charge < -0.3 is 9.88 Å². The molecule has 3 heterocycles. The number of pyridine rings is 1. The van der Waals surface area contributed by atoms with Crippen LogP contribution in [0.5, 0.6) is 0 Å².